The van der Waals surface area contributed by atoms with Gasteiger partial charge in [0.05, 0.1) is 0 Å². The number of rotatable bonds is 2. The average Bonchev–Trinajstić information content (AvgIpc) is 2.65. The maximum absolute atomic E-state index is 10.8. The number of carbonyl (C=O) groups is 1. The van der Waals surface area contributed by atoms with Crippen LogP contribution in [-0.4, -0.2) is 11.0 Å². The van der Waals surface area contributed by atoms with Gasteiger partial charge in [0.25, 0.3) is 0 Å². The third kappa shape index (κ3) is 1.40. The largest absolute Gasteiger partial charge is 0.340 e. The predicted octanol–water partition coefficient (Wildman–Crippen LogP) is 1.68. The van der Waals surface area contributed by atoms with Gasteiger partial charge in [0, 0.05) is 23.5 Å². The maximum Gasteiger partial charge on any atom is 0.150 e. The van der Waals surface area contributed by atoms with E-state index in [2.05, 4.69) is 0 Å². The quantitative estimate of drug-likeness (QED) is 0.573. The molecule has 14 heavy (non-hydrogen) atoms. The molecule has 2 aromatic rings. The van der Waals surface area contributed by atoms with Crippen LogP contribution in [0.5, 0.6) is 0 Å². The molecule has 0 unspecified atom stereocenters. The number of hydrogen-bond donors (Lipinski definition) is 1. The first-order chi connectivity index (χ1) is 6.81. The summed E-state index contributed by atoms with van der Waals surface area (Å²) in [4.78, 5) is 10.8. The Labute approximate surface area is 81.7 Å². The van der Waals surface area contributed by atoms with Crippen LogP contribution in [0.2, 0.25) is 0 Å². The van der Waals surface area contributed by atoms with Crippen LogP contribution in [0.25, 0.3) is 11.1 Å². The fourth-order valence-corrected chi connectivity index (χ4v) is 1.44. The lowest BCUT2D eigenvalue weighted by molar-refractivity contribution is 0.112. The number of nitrogen functional groups attached to an aromatic ring is 1. The highest BCUT2D eigenvalue weighted by molar-refractivity contribution is 5.87. The zero-order valence-electron chi connectivity index (χ0n) is 7.55. The third-order valence-corrected chi connectivity index (χ3v) is 2.11. The number of nitrogens with two attached hydrogens (primary N) is 1. The van der Waals surface area contributed by atoms with Crippen LogP contribution in [0.4, 0.5) is 0 Å². The molecule has 70 valence electrons. The summed E-state index contributed by atoms with van der Waals surface area (Å²) in [6, 6.07) is 9.31. The van der Waals surface area contributed by atoms with Gasteiger partial charge in [-0.1, -0.05) is 24.3 Å². The molecule has 1 aromatic carbocycles. The van der Waals surface area contributed by atoms with Crippen LogP contribution in [0.3, 0.4) is 0 Å². The van der Waals surface area contributed by atoms with Crippen LogP contribution < -0.4 is 5.84 Å². The summed E-state index contributed by atoms with van der Waals surface area (Å²) in [7, 11) is 0. The smallest absolute Gasteiger partial charge is 0.150 e. The highest BCUT2D eigenvalue weighted by Gasteiger charge is 2.03. The minimum Gasteiger partial charge on any atom is -0.340 e. The molecule has 0 saturated heterocycles. The Balaban J connectivity index is 2.55. The summed E-state index contributed by atoms with van der Waals surface area (Å²) >= 11 is 0. The summed E-state index contributed by atoms with van der Waals surface area (Å²) < 4.78 is 1.47. The summed E-state index contributed by atoms with van der Waals surface area (Å²) in [5.41, 5.74) is 2.54. The Bertz CT molecular complexity index is 460. The number of aldehydes is 1. The topological polar surface area (TPSA) is 48.0 Å². The zero-order valence-corrected chi connectivity index (χ0v) is 7.55. The van der Waals surface area contributed by atoms with E-state index in [1.54, 1.807) is 18.5 Å². The van der Waals surface area contributed by atoms with E-state index in [1.165, 1.54) is 4.68 Å². The number of aromatic nitrogens is 1. The second-order valence-electron chi connectivity index (χ2n) is 3.05. The fraction of sp³-hybridized carbons (Fsp3) is 0. The Hall–Kier alpha value is -2.03. The number of nitrogens with zero attached hydrogens (tertiary/aromatic N) is 1. The van der Waals surface area contributed by atoms with Gasteiger partial charge < -0.3 is 5.84 Å². The summed E-state index contributed by atoms with van der Waals surface area (Å²) in [5, 5.41) is 0. The molecule has 3 nitrogen and oxygen atoms in total. The second kappa shape index (κ2) is 3.38. The number of hydrogen-bond acceptors (Lipinski definition) is 2. The normalized spacial score (nSPS) is 10.0. The third-order valence-electron chi connectivity index (χ3n) is 2.11. The summed E-state index contributed by atoms with van der Waals surface area (Å²) in [6.07, 6.45) is 4.38. The molecule has 0 bridgehead atoms. The van der Waals surface area contributed by atoms with Crippen molar-refractivity contribution in [2.45, 2.75) is 0 Å². The number of benzene rings is 1. The molecule has 0 amide bonds. The first-order valence-corrected chi connectivity index (χ1v) is 4.29. The first-order valence-electron chi connectivity index (χ1n) is 4.29. The van der Waals surface area contributed by atoms with E-state index in [0.29, 0.717) is 5.56 Å². The molecule has 0 fully saturated rings. The van der Waals surface area contributed by atoms with Crippen LogP contribution in [-0.2, 0) is 0 Å². The van der Waals surface area contributed by atoms with Crippen LogP contribution in [0.1, 0.15) is 10.4 Å². The van der Waals surface area contributed by atoms with E-state index >= 15 is 0 Å². The average molecular weight is 186 g/mol. The second-order valence-corrected chi connectivity index (χ2v) is 3.05. The monoisotopic (exact) mass is 186 g/mol. The molecule has 0 saturated carbocycles. The lowest BCUT2D eigenvalue weighted by Crippen LogP contribution is -2.02. The van der Waals surface area contributed by atoms with Gasteiger partial charge in [0.2, 0.25) is 0 Å². The highest BCUT2D eigenvalue weighted by atomic mass is 16.1. The molecule has 1 heterocycles. The van der Waals surface area contributed by atoms with Crippen molar-refractivity contribution in [3.8, 4) is 11.1 Å². The van der Waals surface area contributed by atoms with Gasteiger partial charge in [-0.15, -0.1) is 0 Å². The molecule has 0 spiro atoms. The van der Waals surface area contributed by atoms with Gasteiger partial charge in [-0.3, -0.25) is 9.47 Å². The van der Waals surface area contributed by atoms with Crippen molar-refractivity contribution in [1.82, 2.24) is 4.68 Å². The highest BCUT2D eigenvalue weighted by Crippen LogP contribution is 2.21. The van der Waals surface area contributed by atoms with Crippen LogP contribution in [0.15, 0.2) is 42.7 Å². The Kier molecular flexibility index (Phi) is 2.07. The molecule has 0 aliphatic carbocycles. The molecular formula is C11H10N2O. The van der Waals surface area contributed by atoms with Crippen LogP contribution in [0, 0.1) is 0 Å². The van der Waals surface area contributed by atoms with Crippen molar-refractivity contribution in [2.75, 3.05) is 5.84 Å². The Morgan fingerprint density at radius 1 is 1.21 bits per heavy atom. The molecule has 0 aliphatic rings. The van der Waals surface area contributed by atoms with Gasteiger partial charge in [0.15, 0.2) is 6.29 Å². The van der Waals surface area contributed by atoms with E-state index < -0.39 is 0 Å². The molecule has 2 rings (SSSR count). The minimum atomic E-state index is 0.679. The van der Waals surface area contributed by atoms with E-state index in [1.807, 2.05) is 24.3 Å². The zero-order chi connectivity index (χ0) is 9.97. The van der Waals surface area contributed by atoms with Crippen LogP contribution >= 0.6 is 0 Å². The molecule has 0 atom stereocenters. The van der Waals surface area contributed by atoms with Crippen molar-refractivity contribution < 1.29 is 4.79 Å². The molecule has 0 aliphatic heterocycles. The minimum absolute atomic E-state index is 0.679. The fourth-order valence-electron chi connectivity index (χ4n) is 1.44. The van der Waals surface area contributed by atoms with Gasteiger partial charge in [0.1, 0.15) is 0 Å². The lowest BCUT2D eigenvalue weighted by Gasteiger charge is -2.00. The van der Waals surface area contributed by atoms with Gasteiger partial charge in [-0.05, 0) is 11.6 Å². The van der Waals surface area contributed by atoms with Crippen molar-refractivity contribution >= 4 is 6.29 Å². The lowest BCUT2D eigenvalue weighted by atomic mass is 10.0. The predicted molar refractivity (Wildman–Crippen MR) is 55.4 cm³/mol. The molecule has 0 radical (unpaired) electrons. The molecular weight excluding hydrogens is 176 g/mol. The van der Waals surface area contributed by atoms with Crippen molar-refractivity contribution in [1.29, 1.82) is 0 Å². The summed E-state index contributed by atoms with van der Waals surface area (Å²) in [6.45, 7) is 0. The van der Waals surface area contributed by atoms with E-state index in [0.717, 1.165) is 17.4 Å². The van der Waals surface area contributed by atoms with E-state index in [-0.39, 0.29) is 0 Å². The van der Waals surface area contributed by atoms with Gasteiger partial charge in [-0.25, -0.2) is 0 Å². The van der Waals surface area contributed by atoms with Crippen molar-refractivity contribution in [2.24, 2.45) is 0 Å². The van der Waals surface area contributed by atoms with Gasteiger partial charge in [-0.2, -0.15) is 0 Å². The first kappa shape index (κ1) is 8.56. The number of carbonyl (C=O) groups excluding carboxylic acids is 1. The Morgan fingerprint density at radius 3 is 2.64 bits per heavy atom. The molecule has 3 heteroatoms. The van der Waals surface area contributed by atoms with E-state index in [4.69, 9.17) is 5.84 Å². The van der Waals surface area contributed by atoms with Crippen molar-refractivity contribution in [3.63, 3.8) is 0 Å². The van der Waals surface area contributed by atoms with Gasteiger partial charge >= 0.3 is 0 Å². The summed E-state index contributed by atoms with van der Waals surface area (Å²) in [5.74, 6) is 5.54. The molecule has 1 aromatic heterocycles. The van der Waals surface area contributed by atoms with Crippen molar-refractivity contribution in [3.05, 3.63) is 48.3 Å². The molecule has 2 N–H and O–H groups in total. The maximum atomic E-state index is 10.8. The Morgan fingerprint density at radius 2 is 2.00 bits per heavy atom. The SMILES string of the molecule is Nn1ccc(-c2ccccc2C=O)c1. The van der Waals surface area contributed by atoms with E-state index in [9.17, 15) is 4.79 Å². The standard InChI is InChI=1S/C11H10N2O/c12-13-6-5-9(7-13)11-4-2-1-3-10(11)8-14/h1-8H,12H2.